The lowest BCUT2D eigenvalue weighted by molar-refractivity contribution is -0.142. The number of ether oxygens (including phenoxy) is 2. The third-order valence-corrected chi connectivity index (χ3v) is 6.54. The van der Waals surface area contributed by atoms with E-state index in [0.29, 0.717) is 11.7 Å². The fourth-order valence-corrected chi connectivity index (χ4v) is 4.72. The summed E-state index contributed by atoms with van der Waals surface area (Å²) in [5.41, 5.74) is 3.09. The molecular weight excluding hydrogens is 384 g/mol. The van der Waals surface area contributed by atoms with Crippen molar-refractivity contribution < 1.29 is 14.3 Å². The molecule has 0 spiro atoms. The minimum atomic E-state index is -0.421. The third-order valence-electron chi connectivity index (χ3n) is 5.38. The number of hydrogen-bond acceptors (Lipinski definition) is 6. The van der Waals surface area contributed by atoms with E-state index in [2.05, 4.69) is 36.6 Å². The summed E-state index contributed by atoms with van der Waals surface area (Å²) in [6, 6.07) is 9.66. The van der Waals surface area contributed by atoms with Gasteiger partial charge in [-0.3, -0.25) is 0 Å². The highest BCUT2D eigenvalue weighted by Gasteiger charge is 2.32. The number of benzene rings is 1. The van der Waals surface area contributed by atoms with Crippen LogP contribution in [0.15, 0.2) is 29.3 Å². The SMILES string of the molecule is COC(=O)COc1ccc(C=Nc2sc3c(c2C#N)CC[C@H](C(C)(C)C)C3)cc1. The summed E-state index contributed by atoms with van der Waals surface area (Å²) in [5.74, 6) is 0.801. The Hall–Kier alpha value is -2.65. The molecule has 5 nitrogen and oxygen atoms in total. The first kappa shape index (κ1) is 21.1. The molecule has 0 N–H and O–H groups in total. The molecule has 0 aliphatic heterocycles. The third kappa shape index (κ3) is 5.04. The van der Waals surface area contributed by atoms with E-state index in [1.165, 1.54) is 17.6 Å². The highest BCUT2D eigenvalue weighted by Crippen LogP contribution is 2.44. The smallest absolute Gasteiger partial charge is 0.343 e. The molecule has 0 bridgehead atoms. The van der Waals surface area contributed by atoms with Gasteiger partial charge in [0, 0.05) is 11.1 Å². The number of aliphatic imine (C=N–C) groups is 1. The molecule has 1 aliphatic rings. The van der Waals surface area contributed by atoms with Gasteiger partial charge in [0.25, 0.3) is 0 Å². The van der Waals surface area contributed by atoms with Gasteiger partial charge >= 0.3 is 5.97 Å². The number of nitrogens with zero attached hydrogens (tertiary/aromatic N) is 2. The Kier molecular flexibility index (Phi) is 6.39. The lowest BCUT2D eigenvalue weighted by atomic mass is 9.72. The monoisotopic (exact) mass is 410 g/mol. The number of nitriles is 1. The van der Waals surface area contributed by atoms with Crippen LogP contribution in [0.25, 0.3) is 0 Å². The predicted octanol–water partition coefficient (Wildman–Crippen LogP) is 5.07. The Labute approximate surface area is 176 Å². The van der Waals surface area contributed by atoms with E-state index in [1.54, 1.807) is 29.7 Å². The molecule has 152 valence electrons. The number of carbonyl (C=O) groups is 1. The summed E-state index contributed by atoms with van der Waals surface area (Å²) in [5, 5.41) is 10.5. The van der Waals surface area contributed by atoms with Gasteiger partial charge in [-0.25, -0.2) is 9.79 Å². The molecule has 1 aromatic heterocycles. The summed E-state index contributed by atoms with van der Waals surface area (Å²) in [4.78, 5) is 17.1. The van der Waals surface area contributed by atoms with Crippen molar-refractivity contribution in [3.05, 3.63) is 45.8 Å². The van der Waals surface area contributed by atoms with Crippen LogP contribution in [0.2, 0.25) is 0 Å². The summed E-state index contributed by atoms with van der Waals surface area (Å²) in [7, 11) is 1.33. The zero-order valence-electron chi connectivity index (χ0n) is 17.3. The highest BCUT2D eigenvalue weighted by molar-refractivity contribution is 7.16. The van der Waals surface area contributed by atoms with Crippen LogP contribution in [0.5, 0.6) is 5.75 Å². The Morgan fingerprint density at radius 3 is 2.69 bits per heavy atom. The van der Waals surface area contributed by atoms with Crippen LogP contribution >= 0.6 is 11.3 Å². The largest absolute Gasteiger partial charge is 0.482 e. The maximum atomic E-state index is 11.1. The zero-order valence-corrected chi connectivity index (χ0v) is 18.1. The lowest BCUT2D eigenvalue weighted by Gasteiger charge is -2.33. The van der Waals surface area contributed by atoms with Gasteiger partial charge in [-0.2, -0.15) is 5.26 Å². The number of methoxy groups -OCH3 is 1. The van der Waals surface area contributed by atoms with Gasteiger partial charge in [-0.1, -0.05) is 20.8 Å². The number of esters is 1. The first-order valence-electron chi connectivity index (χ1n) is 9.70. The molecule has 0 amide bonds. The molecule has 6 heteroatoms. The van der Waals surface area contributed by atoms with E-state index in [9.17, 15) is 10.1 Å². The van der Waals surface area contributed by atoms with Gasteiger partial charge in [0.1, 0.15) is 16.8 Å². The molecule has 0 unspecified atom stereocenters. The number of fused-ring (bicyclic) bond motifs is 1. The highest BCUT2D eigenvalue weighted by atomic mass is 32.1. The van der Waals surface area contributed by atoms with Crippen molar-refractivity contribution in [2.24, 2.45) is 16.3 Å². The molecule has 1 heterocycles. The number of rotatable bonds is 5. The molecule has 0 saturated heterocycles. The van der Waals surface area contributed by atoms with Crippen molar-refractivity contribution in [3.8, 4) is 11.8 Å². The second-order valence-corrected chi connectivity index (χ2v) is 9.38. The normalized spacial score (nSPS) is 16.3. The number of thiophene rings is 1. The molecule has 1 atom stereocenters. The minimum Gasteiger partial charge on any atom is -0.482 e. The maximum Gasteiger partial charge on any atom is 0.343 e. The fraction of sp³-hybridized carbons (Fsp3) is 0.435. The Morgan fingerprint density at radius 1 is 1.34 bits per heavy atom. The van der Waals surface area contributed by atoms with Crippen molar-refractivity contribution in [2.45, 2.75) is 40.0 Å². The fourth-order valence-electron chi connectivity index (χ4n) is 3.50. The van der Waals surface area contributed by atoms with Crippen LogP contribution in [0.1, 0.15) is 48.8 Å². The van der Waals surface area contributed by atoms with E-state index in [-0.39, 0.29) is 12.0 Å². The Morgan fingerprint density at radius 2 is 2.07 bits per heavy atom. The average molecular weight is 411 g/mol. The molecule has 29 heavy (non-hydrogen) atoms. The van der Waals surface area contributed by atoms with Crippen LogP contribution < -0.4 is 4.74 Å². The van der Waals surface area contributed by atoms with E-state index < -0.39 is 5.97 Å². The molecule has 1 aromatic carbocycles. The van der Waals surface area contributed by atoms with Crippen molar-refractivity contribution in [1.82, 2.24) is 0 Å². The summed E-state index contributed by atoms with van der Waals surface area (Å²) < 4.78 is 9.90. The second kappa shape index (κ2) is 8.79. The number of hydrogen-bond donors (Lipinski definition) is 0. The quantitative estimate of drug-likeness (QED) is 0.509. The van der Waals surface area contributed by atoms with Crippen LogP contribution in [0.4, 0.5) is 5.00 Å². The maximum absolute atomic E-state index is 11.1. The van der Waals surface area contributed by atoms with Crippen LogP contribution in [0, 0.1) is 22.7 Å². The van der Waals surface area contributed by atoms with Gasteiger partial charge < -0.3 is 9.47 Å². The lowest BCUT2D eigenvalue weighted by Crippen LogP contribution is -2.26. The molecule has 0 fully saturated rings. The summed E-state index contributed by atoms with van der Waals surface area (Å²) in [6.07, 6.45) is 4.87. The molecular formula is C23H26N2O3S. The predicted molar refractivity (Wildman–Crippen MR) is 115 cm³/mol. The molecule has 0 saturated carbocycles. The number of carbonyl (C=O) groups excluding carboxylic acids is 1. The molecule has 0 radical (unpaired) electrons. The van der Waals surface area contributed by atoms with Crippen LogP contribution in [0.3, 0.4) is 0 Å². The topological polar surface area (TPSA) is 71.7 Å². The van der Waals surface area contributed by atoms with Gasteiger partial charge in [0.05, 0.1) is 12.7 Å². The molecule has 3 rings (SSSR count). The van der Waals surface area contributed by atoms with Gasteiger partial charge in [0.15, 0.2) is 6.61 Å². The van der Waals surface area contributed by atoms with Crippen molar-refractivity contribution in [1.29, 1.82) is 5.26 Å². The minimum absolute atomic E-state index is 0.119. The van der Waals surface area contributed by atoms with Crippen LogP contribution in [-0.4, -0.2) is 25.9 Å². The summed E-state index contributed by atoms with van der Waals surface area (Å²) in [6.45, 7) is 6.75. The van der Waals surface area contributed by atoms with E-state index >= 15 is 0 Å². The van der Waals surface area contributed by atoms with Crippen molar-refractivity contribution in [3.63, 3.8) is 0 Å². The van der Waals surface area contributed by atoms with Crippen molar-refractivity contribution >= 4 is 28.5 Å². The van der Waals surface area contributed by atoms with Gasteiger partial charge in [-0.15, -0.1) is 11.3 Å². The Bertz CT molecular complexity index is 946. The van der Waals surface area contributed by atoms with E-state index in [1.807, 2.05) is 12.1 Å². The standard InChI is InChI=1S/C23H26N2O3S/c1-23(2,3)16-7-10-18-19(12-24)22(29-20(18)11-16)25-13-15-5-8-17(9-6-15)28-14-21(26)27-4/h5-6,8-9,13,16H,7,10-11,14H2,1-4H3/t16-/m0/s1. The van der Waals surface area contributed by atoms with Crippen molar-refractivity contribution in [2.75, 3.05) is 13.7 Å². The van der Waals surface area contributed by atoms with Gasteiger partial charge in [0.2, 0.25) is 0 Å². The Balaban J connectivity index is 1.74. The first-order chi connectivity index (χ1) is 13.8. The van der Waals surface area contributed by atoms with E-state index in [4.69, 9.17) is 4.74 Å². The summed E-state index contributed by atoms with van der Waals surface area (Å²) >= 11 is 1.65. The molecule has 2 aromatic rings. The second-order valence-electron chi connectivity index (χ2n) is 8.29. The average Bonchev–Trinajstić information content (AvgIpc) is 3.07. The zero-order chi connectivity index (χ0) is 21.0. The molecule has 1 aliphatic carbocycles. The van der Waals surface area contributed by atoms with Crippen LogP contribution in [-0.2, 0) is 22.4 Å². The van der Waals surface area contributed by atoms with Gasteiger partial charge in [-0.05, 0) is 66.0 Å². The first-order valence-corrected chi connectivity index (χ1v) is 10.5. The van der Waals surface area contributed by atoms with E-state index in [0.717, 1.165) is 35.4 Å².